The number of aromatic nitrogens is 1. The number of hydrogen-bond acceptors (Lipinski definition) is 6. The van der Waals surface area contributed by atoms with Gasteiger partial charge in [-0.1, -0.05) is 12.1 Å². The summed E-state index contributed by atoms with van der Waals surface area (Å²) in [5.74, 6) is -2.93. The third-order valence-electron chi connectivity index (χ3n) is 4.03. The molecule has 7 nitrogen and oxygen atoms in total. The summed E-state index contributed by atoms with van der Waals surface area (Å²) in [4.78, 5) is 38.9. The van der Waals surface area contributed by atoms with Crippen LogP contribution in [0, 0.1) is 0 Å². The second-order valence-corrected chi connectivity index (χ2v) is 5.84. The van der Waals surface area contributed by atoms with Crippen molar-refractivity contribution in [3.05, 3.63) is 57.5 Å². The van der Waals surface area contributed by atoms with Crippen molar-refractivity contribution >= 4 is 11.9 Å². The Balaban J connectivity index is 2.04. The number of carbonyl (C=O) groups is 2. The van der Waals surface area contributed by atoms with E-state index in [1.807, 2.05) is 0 Å². The van der Waals surface area contributed by atoms with E-state index in [0.29, 0.717) is 5.56 Å². The highest BCUT2D eigenvalue weighted by molar-refractivity contribution is 5.94. The highest BCUT2D eigenvalue weighted by Crippen LogP contribution is 2.39. The number of aromatic amines is 1. The Morgan fingerprint density at radius 2 is 1.93 bits per heavy atom. The molecule has 1 atom stereocenters. The number of rotatable bonds is 4. The third kappa shape index (κ3) is 4.00. The van der Waals surface area contributed by atoms with Crippen LogP contribution in [0.4, 0.5) is 13.2 Å². The zero-order valence-electron chi connectivity index (χ0n) is 14.5. The van der Waals surface area contributed by atoms with Gasteiger partial charge in [-0.25, -0.2) is 4.79 Å². The van der Waals surface area contributed by atoms with Crippen LogP contribution < -0.4 is 15.0 Å². The molecule has 0 fully saturated rings. The predicted octanol–water partition coefficient (Wildman–Crippen LogP) is 2.89. The Labute approximate surface area is 156 Å². The first-order chi connectivity index (χ1) is 13.2. The normalized spacial score (nSPS) is 16.1. The summed E-state index contributed by atoms with van der Waals surface area (Å²) in [5, 5.41) is 0. The molecule has 148 valence electrons. The molecular formula is C18H14F3NO6. The van der Waals surface area contributed by atoms with Gasteiger partial charge in [-0.15, -0.1) is 13.2 Å². The fourth-order valence-electron chi connectivity index (χ4n) is 2.93. The summed E-state index contributed by atoms with van der Waals surface area (Å²) in [5.41, 5.74) is -0.295. The smallest absolute Gasteiger partial charge is 0.462 e. The van der Waals surface area contributed by atoms with Gasteiger partial charge in [0.1, 0.15) is 11.3 Å². The average Bonchev–Trinajstić information content (AvgIpc) is 2.60. The Kier molecular flexibility index (Phi) is 5.12. The number of esters is 2. The number of ether oxygens (including phenoxy) is 3. The van der Waals surface area contributed by atoms with Crippen LogP contribution in [0.1, 0.15) is 40.7 Å². The zero-order valence-corrected chi connectivity index (χ0v) is 14.5. The molecule has 3 rings (SSSR count). The van der Waals surface area contributed by atoms with Gasteiger partial charge in [0, 0.05) is 12.1 Å². The lowest BCUT2D eigenvalue weighted by molar-refractivity contribution is -0.274. The number of hydrogen-bond donors (Lipinski definition) is 1. The second-order valence-electron chi connectivity index (χ2n) is 5.84. The van der Waals surface area contributed by atoms with Crippen molar-refractivity contribution in [2.45, 2.75) is 25.6 Å². The summed E-state index contributed by atoms with van der Waals surface area (Å²) in [6, 6.07) is 4.77. The van der Waals surface area contributed by atoms with Crippen LogP contribution >= 0.6 is 0 Å². The number of halogens is 3. The molecule has 1 aliphatic rings. The standard InChI is InChI=1S/C18H14F3NO6/c1-2-26-17(25)12-8-22-16(24)14-11(7-13(23)27-15(12)14)9-3-5-10(6-4-9)28-18(19,20)21/h3-6,8,11H,2,7H2,1H3,(H,22,24)/t11-/m0/s1. The third-order valence-corrected chi connectivity index (χ3v) is 4.03. The van der Waals surface area contributed by atoms with Gasteiger partial charge >= 0.3 is 18.3 Å². The van der Waals surface area contributed by atoms with Gasteiger partial charge < -0.3 is 19.2 Å². The first kappa shape index (κ1) is 19.5. The van der Waals surface area contributed by atoms with E-state index < -0.39 is 35.5 Å². The van der Waals surface area contributed by atoms with E-state index in [9.17, 15) is 27.6 Å². The first-order valence-electron chi connectivity index (χ1n) is 8.18. The molecule has 2 heterocycles. The van der Waals surface area contributed by atoms with Crippen LogP contribution in [0.25, 0.3) is 0 Å². The Bertz CT molecular complexity index is 965. The van der Waals surface area contributed by atoms with E-state index in [2.05, 4.69) is 9.72 Å². The topological polar surface area (TPSA) is 94.7 Å². The largest absolute Gasteiger partial charge is 0.573 e. The quantitative estimate of drug-likeness (QED) is 0.798. The van der Waals surface area contributed by atoms with Crippen molar-refractivity contribution in [3.63, 3.8) is 0 Å². The van der Waals surface area contributed by atoms with E-state index in [1.165, 1.54) is 12.1 Å². The molecule has 0 saturated carbocycles. The van der Waals surface area contributed by atoms with Crippen molar-refractivity contribution in [2.24, 2.45) is 0 Å². The van der Waals surface area contributed by atoms with Crippen molar-refractivity contribution in [3.8, 4) is 11.5 Å². The molecule has 28 heavy (non-hydrogen) atoms. The van der Waals surface area contributed by atoms with Gasteiger partial charge in [0.25, 0.3) is 5.56 Å². The average molecular weight is 397 g/mol. The number of carbonyl (C=O) groups excluding carboxylic acids is 2. The maximum absolute atomic E-state index is 12.4. The fourth-order valence-corrected chi connectivity index (χ4v) is 2.93. The van der Waals surface area contributed by atoms with Gasteiger partial charge in [-0.3, -0.25) is 9.59 Å². The molecule has 2 aromatic rings. The Hall–Kier alpha value is -3.30. The lowest BCUT2D eigenvalue weighted by atomic mass is 9.86. The molecule has 1 aliphatic heterocycles. The van der Waals surface area contributed by atoms with Crippen LogP contribution in [0.3, 0.4) is 0 Å². The summed E-state index contributed by atoms with van der Waals surface area (Å²) >= 11 is 0. The summed E-state index contributed by atoms with van der Waals surface area (Å²) in [6.07, 6.45) is -3.97. The molecule has 1 aromatic carbocycles. The lowest BCUT2D eigenvalue weighted by Gasteiger charge is -2.25. The van der Waals surface area contributed by atoms with Crippen LogP contribution in [-0.2, 0) is 9.53 Å². The maximum atomic E-state index is 12.4. The van der Waals surface area contributed by atoms with Crippen molar-refractivity contribution in [1.82, 2.24) is 4.98 Å². The van der Waals surface area contributed by atoms with Gasteiger partial charge in [0.05, 0.1) is 18.6 Å². The highest BCUT2D eigenvalue weighted by atomic mass is 19.4. The van der Waals surface area contributed by atoms with Crippen molar-refractivity contribution in [1.29, 1.82) is 0 Å². The van der Waals surface area contributed by atoms with E-state index >= 15 is 0 Å². The minimum atomic E-state index is -4.84. The second kappa shape index (κ2) is 7.37. The van der Waals surface area contributed by atoms with Crippen LogP contribution in [0.15, 0.2) is 35.3 Å². The van der Waals surface area contributed by atoms with E-state index in [-0.39, 0.29) is 29.9 Å². The number of pyridine rings is 1. The summed E-state index contributed by atoms with van der Waals surface area (Å²) in [6.45, 7) is 1.67. The number of nitrogens with one attached hydrogen (secondary N) is 1. The molecule has 0 bridgehead atoms. The SMILES string of the molecule is CCOC(=O)c1c[nH]c(=O)c2c1OC(=O)C[C@H]2c1ccc(OC(F)(F)F)cc1. The first-order valence-corrected chi connectivity index (χ1v) is 8.18. The molecular weight excluding hydrogens is 383 g/mol. The molecule has 0 saturated heterocycles. The monoisotopic (exact) mass is 397 g/mol. The molecule has 0 unspecified atom stereocenters. The van der Waals surface area contributed by atoms with Gasteiger partial charge in [-0.05, 0) is 24.6 Å². The van der Waals surface area contributed by atoms with Crippen LogP contribution in [0.2, 0.25) is 0 Å². The molecule has 0 amide bonds. The summed E-state index contributed by atoms with van der Waals surface area (Å²) in [7, 11) is 0. The van der Waals surface area contributed by atoms with Gasteiger partial charge in [0.15, 0.2) is 5.75 Å². The highest BCUT2D eigenvalue weighted by Gasteiger charge is 2.35. The minimum Gasteiger partial charge on any atom is -0.462 e. The van der Waals surface area contributed by atoms with E-state index in [4.69, 9.17) is 9.47 Å². The predicted molar refractivity (Wildman–Crippen MR) is 88.2 cm³/mol. The van der Waals surface area contributed by atoms with Crippen molar-refractivity contribution < 1.29 is 37.0 Å². The van der Waals surface area contributed by atoms with Crippen LogP contribution in [0.5, 0.6) is 11.5 Å². The number of fused-ring (bicyclic) bond motifs is 1. The number of alkyl halides is 3. The molecule has 0 aliphatic carbocycles. The Morgan fingerprint density at radius 1 is 1.25 bits per heavy atom. The van der Waals surface area contributed by atoms with Crippen LogP contribution in [-0.4, -0.2) is 29.9 Å². The fraction of sp³-hybridized carbons (Fsp3) is 0.278. The number of H-pyrrole nitrogens is 1. The molecule has 0 spiro atoms. The van der Waals surface area contributed by atoms with E-state index in [1.54, 1.807) is 6.92 Å². The minimum absolute atomic E-state index is 0.0228. The zero-order chi connectivity index (χ0) is 20.5. The van der Waals surface area contributed by atoms with Crippen molar-refractivity contribution in [2.75, 3.05) is 6.61 Å². The molecule has 0 radical (unpaired) electrons. The molecule has 1 N–H and O–H groups in total. The van der Waals surface area contributed by atoms with Gasteiger partial charge in [0.2, 0.25) is 0 Å². The maximum Gasteiger partial charge on any atom is 0.573 e. The summed E-state index contributed by atoms with van der Waals surface area (Å²) < 4.78 is 50.8. The van der Waals surface area contributed by atoms with E-state index in [0.717, 1.165) is 18.3 Å². The number of benzene rings is 1. The lowest BCUT2D eigenvalue weighted by Crippen LogP contribution is -2.30. The molecule has 10 heteroatoms. The van der Waals surface area contributed by atoms with Gasteiger partial charge in [-0.2, -0.15) is 0 Å². The Morgan fingerprint density at radius 3 is 2.54 bits per heavy atom. The molecule has 1 aromatic heterocycles.